The van der Waals surface area contributed by atoms with Crippen LogP contribution >= 0.6 is 23.5 Å². The van der Waals surface area contributed by atoms with E-state index in [9.17, 15) is 39.0 Å². The van der Waals surface area contributed by atoms with Gasteiger partial charge in [-0.25, -0.2) is 0 Å². The number of carbonyl (C=O) groups is 6. The highest BCUT2D eigenvalue weighted by Crippen LogP contribution is 2.21. The van der Waals surface area contributed by atoms with Crippen LogP contribution in [0.5, 0.6) is 0 Å². The summed E-state index contributed by atoms with van der Waals surface area (Å²) in [5, 5.41) is 20.3. The van der Waals surface area contributed by atoms with Crippen molar-refractivity contribution in [3.8, 4) is 0 Å². The number of ether oxygens (including phenoxy) is 4. The molecular formula is C56H68N2O12S2. The van der Waals surface area contributed by atoms with Crippen molar-refractivity contribution in [2.24, 2.45) is 5.41 Å². The van der Waals surface area contributed by atoms with E-state index in [0.717, 1.165) is 88.5 Å². The molecule has 0 saturated carbocycles. The summed E-state index contributed by atoms with van der Waals surface area (Å²) in [6.07, 6.45) is 4.76. The zero-order valence-corrected chi connectivity index (χ0v) is 42.9. The molecule has 4 aromatic rings. The van der Waals surface area contributed by atoms with Crippen molar-refractivity contribution in [3.63, 3.8) is 0 Å². The second kappa shape index (κ2) is 29.1. The lowest BCUT2D eigenvalue weighted by molar-refractivity contribution is -0.158. The summed E-state index contributed by atoms with van der Waals surface area (Å²) in [7, 11) is 0. The minimum atomic E-state index is -1.38. The Morgan fingerprint density at radius 1 is 0.528 bits per heavy atom. The zero-order chi connectivity index (χ0) is 51.1. The second-order valence-corrected chi connectivity index (χ2v) is 21.0. The quantitative estimate of drug-likeness (QED) is 0.0353. The highest BCUT2D eigenvalue weighted by Gasteiger charge is 2.33. The maximum atomic E-state index is 12.8. The van der Waals surface area contributed by atoms with E-state index in [1.54, 1.807) is 23.5 Å². The monoisotopic (exact) mass is 1020 g/mol. The normalized spacial score (nSPS) is 14.1. The number of aliphatic hydroxyl groups excluding tert-OH is 2. The number of rotatable bonds is 30. The first kappa shape index (κ1) is 55.6. The van der Waals surface area contributed by atoms with Crippen molar-refractivity contribution in [1.82, 2.24) is 9.80 Å². The van der Waals surface area contributed by atoms with E-state index in [1.807, 2.05) is 107 Å². The number of hydrogen-bond donors (Lipinski definition) is 2. The molecule has 386 valence electrons. The molecule has 2 aliphatic rings. The Morgan fingerprint density at radius 3 is 1.28 bits per heavy atom. The largest absolute Gasteiger partial charge is 0.465 e. The molecule has 4 aromatic carbocycles. The molecule has 1 unspecified atom stereocenters. The fourth-order valence-electron chi connectivity index (χ4n) is 8.31. The van der Waals surface area contributed by atoms with E-state index in [4.69, 9.17) is 18.9 Å². The average Bonchev–Trinajstić information content (AvgIpc) is 4.01. The van der Waals surface area contributed by atoms with Crippen molar-refractivity contribution >= 4 is 59.2 Å². The summed E-state index contributed by atoms with van der Waals surface area (Å²) < 4.78 is 21.8. The molecule has 2 aliphatic heterocycles. The number of benzene rings is 4. The van der Waals surface area contributed by atoms with Gasteiger partial charge in [0, 0.05) is 61.5 Å². The van der Waals surface area contributed by atoms with E-state index in [-0.39, 0.29) is 68.7 Å². The molecule has 2 heterocycles. The van der Waals surface area contributed by atoms with Gasteiger partial charge in [0.25, 0.3) is 0 Å². The van der Waals surface area contributed by atoms with Crippen LogP contribution in [0.1, 0.15) is 77.1 Å². The number of likely N-dealkylation sites (tertiary alicyclic amines) is 2. The summed E-state index contributed by atoms with van der Waals surface area (Å²) in [4.78, 5) is 77.9. The van der Waals surface area contributed by atoms with Gasteiger partial charge in [0.2, 0.25) is 11.8 Å². The molecule has 0 aromatic heterocycles. The summed E-state index contributed by atoms with van der Waals surface area (Å²) in [5.41, 5.74) is 5.98. The lowest BCUT2D eigenvalue weighted by Gasteiger charge is -2.28. The van der Waals surface area contributed by atoms with Gasteiger partial charge in [-0.3, -0.25) is 28.8 Å². The maximum absolute atomic E-state index is 12.8. The smallest absolute Gasteiger partial charge is 0.310 e. The molecule has 0 aliphatic carbocycles. The first-order valence-corrected chi connectivity index (χ1v) is 27.1. The van der Waals surface area contributed by atoms with Crippen molar-refractivity contribution in [1.29, 1.82) is 0 Å². The maximum Gasteiger partial charge on any atom is 0.310 e. The topological polar surface area (TPSA) is 186 Å². The van der Waals surface area contributed by atoms with E-state index in [1.165, 1.54) is 0 Å². The number of carbonyl (C=O) groups excluding carboxylic acids is 6. The molecule has 1 atom stereocenters. The summed E-state index contributed by atoms with van der Waals surface area (Å²) in [5.74, 6) is 1.80. The molecule has 0 radical (unpaired) electrons. The van der Waals surface area contributed by atoms with E-state index in [2.05, 4.69) is 6.92 Å². The van der Waals surface area contributed by atoms with Crippen molar-refractivity contribution in [3.05, 3.63) is 142 Å². The fraction of sp³-hybridized carbons (Fsp3) is 0.464. The lowest BCUT2D eigenvalue weighted by Crippen LogP contribution is -2.41. The molecule has 14 nitrogen and oxygen atoms in total. The van der Waals surface area contributed by atoms with Crippen LogP contribution in [-0.2, 0) is 86.2 Å². The number of amides is 2. The van der Waals surface area contributed by atoms with Crippen LogP contribution in [0.15, 0.2) is 97.1 Å². The molecule has 2 N–H and O–H groups in total. The summed E-state index contributed by atoms with van der Waals surface area (Å²) in [6.45, 7) is 3.29. The molecule has 72 heavy (non-hydrogen) atoms. The Bertz CT molecular complexity index is 2370. The first-order chi connectivity index (χ1) is 34.9. The van der Waals surface area contributed by atoms with Gasteiger partial charge in [-0.1, -0.05) is 97.1 Å². The summed E-state index contributed by atoms with van der Waals surface area (Å²) in [6, 6.07) is 30.9. The Morgan fingerprint density at radius 2 is 0.903 bits per heavy atom. The third-order valence-electron chi connectivity index (χ3n) is 12.7. The van der Waals surface area contributed by atoms with Gasteiger partial charge in [0.15, 0.2) is 0 Å². The number of nitrogens with zero attached hydrogens (tertiary/aromatic N) is 2. The van der Waals surface area contributed by atoms with Gasteiger partial charge < -0.3 is 39.0 Å². The van der Waals surface area contributed by atoms with Crippen LogP contribution in [0, 0.1) is 5.41 Å². The van der Waals surface area contributed by atoms with Gasteiger partial charge in [0.1, 0.15) is 26.4 Å². The van der Waals surface area contributed by atoms with Crippen LogP contribution in [0.25, 0.3) is 0 Å². The fourth-order valence-corrected chi connectivity index (χ4v) is 9.95. The van der Waals surface area contributed by atoms with Crippen molar-refractivity contribution in [2.45, 2.75) is 77.2 Å². The minimum Gasteiger partial charge on any atom is -0.465 e. The highest BCUT2D eigenvalue weighted by molar-refractivity contribution is 7.99. The minimum absolute atomic E-state index is 0.0285. The SMILES string of the molecule is CC(CSCCOC(=O)Cc1ccc(Cc2ccc(CC(=O)OCC(CO)(CO)COC(=O)Cc3ccc(Cc4ccc(CC(=O)OCCSCCN5CCCC5=O)cc4)cc3)cc2)cc1)N1CCCC1=O. The standard InChI is InChI=1S/C56H68N2O12S2/c1-41(58-23-3-5-51(58)62)36-72-29-26-68-53(64)33-47-16-8-43(9-17-47)31-45-12-20-49(21-13-45)35-55(66)70-40-56(37-59,38-60)39-69-54(65)34-48-18-10-44(11-19-48)30-42-6-14-46(15-7-42)32-52(63)67-25-28-71-27-24-57-22-2-4-50(57)61/h6-21,41,59-60H,2-5,22-40H2,1H3. The molecule has 6 rings (SSSR count). The van der Waals surface area contributed by atoms with Crippen LogP contribution in [0.2, 0.25) is 0 Å². The van der Waals surface area contributed by atoms with Crippen LogP contribution in [0.4, 0.5) is 0 Å². The van der Waals surface area contributed by atoms with E-state index >= 15 is 0 Å². The van der Waals surface area contributed by atoms with Crippen molar-refractivity contribution in [2.75, 3.05) is 82.3 Å². The highest BCUT2D eigenvalue weighted by atomic mass is 32.2. The van der Waals surface area contributed by atoms with Gasteiger partial charge in [-0.05, 0) is 77.1 Å². The third kappa shape index (κ3) is 18.7. The van der Waals surface area contributed by atoms with Gasteiger partial charge >= 0.3 is 23.9 Å². The molecule has 2 fully saturated rings. The van der Waals surface area contributed by atoms with E-state index in [0.29, 0.717) is 50.4 Å². The second-order valence-electron chi connectivity index (χ2n) is 18.6. The number of aliphatic hydroxyl groups is 2. The Labute approximate surface area is 431 Å². The predicted molar refractivity (Wildman–Crippen MR) is 278 cm³/mol. The Kier molecular flexibility index (Phi) is 22.5. The predicted octanol–water partition coefficient (Wildman–Crippen LogP) is 5.98. The van der Waals surface area contributed by atoms with E-state index < -0.39 is 30.6 Å². The summed E-state index contributed by atoms with van der Waals surface area (Å²) >= 11 is 3.36. The average molecular weight is 1030 g/mol. The molecule has 2 amide bonds. The van der Waals surface area contributed by atoms with Gasteiger partial charge in [-0.2, -0.15) is 23.5 Å². The lowest BCUT2D eigenvalue weighted by atomic mass is 9.92. The number of esters is 4. The Balaban J connectivity index is 0.828. The number of hydrogen-bond acceptors (Lipinski definition) is 14. The molecular weight excluding hydrogens is 957 g/mol. The molecule has 2 saturated heterocycles. The first-order valence-electron chi connectivity index (χ1n) is 24.8. The zero-order valence-electron chi connectivity index (χ0n) is 41.3. The van der Waals surface area contributed by atoms with Crippen LogP contribution < -0.4 is 0 Å². The molecule has 0 spiro atoms. The third-order valence-corrected chi connectivity index (χ3v) is 14.8. The van der Waals surface area contributed by atoms with Gasteiger partial charge in [0.05, 0.1) is 44.3 Å². The molecule has 16 heteroatoms. The number of thioether (sulfide) groups is 2. The molecule has 0 bridgehead atoms. The Hall–Kier alpha value is -5.68. The van der Waals surface area contributed by atoms with Crippen LogP contribution in [0.3, 0.4) is 0 Å². The van der Waals surface area contributed by atoms with Crippen LogP contribution in [-0.4, -0.2) is 144 Å². The van der Waals surface area contributed by atoms with Gasteiger partial charge in [-0.15, -0.1) is 0 Å². The van der Waals surface area contributed by atoms with Crippen molar-refractivity contribution < 1.29 is 57.9 Å².